The molecule has 1 amide bonds. The van der Waals surface area contributed by atoms with E-state index >= 15 is 0 Å². The Hall–Kier alpha value is -2.80. The number of aromatic nitrogens is 2. The first-order valence-corrected chi connectivity index (χ1v) is 10.0. The highest BCUT2D eigenvalue weighted by Gasteiger charge is 2.11. The molecule has 26 heavy (non-hydrogen) atoms. The molecule has 1 aromatic heterocycles. The van der Waals surface area contributed by atoms with Crippen molar-refractivity contribution in [2.24, 2.45) is 0 Å². The number of nitro groups is 1. The molecule has 1 heterocycles. The first kappa shape index (κ1) is 19.5. The molecule has 1 aromatic carbocycles. The van der Waals surface area contributed by atoms with Gasteiger partial charge < -0.3 is 10.6 Å². The predicted molar refractivity (Wildman–Crippen MR) is 97.8 cm³/mol. The Morgan fingerprint density at radius 3 is 2.50 bits per heavy atom. The third-order valence-corrected chi connectivity index (χ3v) is 4.38. The van der Waals surface area contributed by atoms with Gasteiger partial charge in [0.15, 0.2) is 0 Å². The molecule has 0 bridgehead atoms. The van der Waals surface area contributed by atoms with Gasteiger partial charge in [-0.1, -0.05) is 11.3 Å². The van der Waals surface area contributed by atoms with E-state index in [1.54, 1.807) is 12.1 Å². The van der Waals surface area contributed by atoms with E-state index in [0.717, 1.165) is 23.3 Å². The number of benzene rings is 1. The van der Waals surface area contributed by atoms with Crippen LogP contribution in [0.25, 0.3) is 0 Å². The minimum absolute atomic E-state index is 0.0108. The summed E-state index contributed by atoms with van der Waals surface area (Å²) < 4.78 is 24.3. The average Bonchev–Trinajstić information content (AvgIpc) is 2.96. The number of rotatable bonds is 9. The number of non-ortho nitro benzene ring substituents is 1. The monoisotopic (exact) mass is 400 g/mol. The number of carbonyl (C=O) groups is 1. The molecule has 3 N–H and O–H groups in total. The number of hydrogen-bond acceptors (Lipinski definition) is 9. The van der Waals surface area contributed by atoms with Crippen LogP contribution in [0.5, 0.6) is 0 Å². The summed E-state index contributed by atoms with van der Waals surface area (Å²) in [4.78, 5) is 21.9. The average molecular weight is 400 g/mol. The van der Waals surface area contributed by atoms with Crippen LogP contribution in [0.4, 0.5) is 21.6 Å². The Bertz CT molecular complexity index is 881. The highest BCUT2D eigenvalue weighted by molar-refractivity contribution is 7.92. The van der Waals surface area contributed by atoms with Gasteiger partial charge in [0.1, 0.15) is 0 Å². The molecule has 0 aliphatic heterocycles. The third-order valence-electron chi connectivity index (χ3n) is 2.93. The second-order valence-corrected chi connectivity index (χ2v) is 7.90. The Morgan fingerprint density at radius 1 is 1.23 bits per heavy atom. The van der Waals surface area contributed by atoms with Gasteiger partial charge in [-0.05, 0) is 18.6 Å². The lowest BCUT2D eigenvalue weighted by Gasteiger charge is -2.05. The molecule has 0 aliphatic carbocycles. The Kier molecular flexibility index (Phi) is 6.41. The summed E-state index contributed by atoms with van der Waals surface area (Å²) in [7, 11) is -3.44. The van der Waals surface area contributed by atoms with Crippen molar-refractivity contribution >= 4 is 48.9 Å². The minimum Gasteiger partial charge on any atom is -0.385 e. The van der Waals surface area contributed by atoms with Gasteiger partial charge >= 0.3 is 0 Å². The zero-order valence-corrected chi connectivity index (χ0v) is 15.3. The predicted octanol–water partition coefficient (Wildman–Crippen LogP) is 1.65. The molecule has 0 atom stereocenters. The van der Waals surface area contributed by atoms with Crippen molar-refractivity contribution in [2.45, 2.75) is 12.8 Å². The number of amides is 1. The number of hydrogen-bond donors (Lipinski definition) is 3. The van der Waals surface area contributed by atoms with Crippen LogP contribution in [-0.2, 0) is 14.8 Å². The maximum absolute atomic E-state index is 11.8. The van der Waals surface area contributed by atoms with E-state index < -0.39 is 14.9 Å². The van der Waals surface area contributed by atoms with Crippen LogP contribution in [0.1, 0.15) is 12.8 Å². The zero-order chi connectivity index (χ0) is 19.2. The highest BCUT2D eigenvalue weighted by atomic mass is 32.2. The number of nitrogens with one attached hydrogen (secondary N) is 3. The van der Waals surface area contributed by atoms with Crippen LogP contribution in [-0.4, -0.2) is 42.2 Å². The summed E-state index contributed by atoms with van der Waals surface area (Å²) in [6.07, 6.45) is 1.73. The minimum atomic E-state index is -3.44. The van der Waals surface area contributed by atoms with Crippen molar-refractivity contribution in [3.8, 4) is 0 Å². The lowest BCUT2D eigenvalue weighted by molar-refractivity contribution is -0.384. The summed E-state index contributed by atoms with van der Waals surface area (Å²) >= 11 is 0.913. The highest BCUT2D eigenvalue weighted by Crippen LogP contribution is 2.21. The Morgan fingerprint density at radius 2 is 1.88 bits per heavy atom. The lowest BCUT2D eigenvalue weighted by atomic mass is 10.2. The van der Waals surface area contributed by atoms with Crippen molar-refractivity contribution in [1.29, 1.82) is 0 Å². The molecular weight excluding hydrogens is 384 g/mol. The van der Waals surface area contributed by atoms with Crippen LogP contribution < -0.4 is 15.4 Å². The molecule has 0 fully saturated rings. The van der Waals surface area contributed by atoms with Gasteiger partial charge in [-0.25, -0.2) is 8.42 Å². The van der Waals surface area contributed by atoms with Crippen LogP contribution in [0, 0.1) is 10.1 Å². The fourth-order valence-corrected chi connectivity index (χ4v) is 3.33. The van der Waals surface area contributed by atoms with Crippen molar-refractivity contribution < 1.29 is 18.1 Å². The van der Waals surface area contributed by atoms with Crippen LogP contribution >= 0.6 is 11.3 Å². The Balaban J connectivity index is 1.71. The first-order chi connectivity index (χ1) is 12.2. The van der Waals surface area contributed by atoms with Crippen molar-refractivity contribution in [3.63, 3.8) is 0 Å². The molecule has 140 valence electrons. The number of nitro benzene ring substituents is 1. The summed E-state index contributed by atoms with van der Waals surface area (Å²) in [5.41, 5.74) is 0.730. The van der Waals surface area contributed by atoms with E-state index in [4.69, 9.17) is 0 Å². The fourth-order valence-electron chi connectivity index (χ4n) is 1.84. The van der Waals surface area contributed by atoms with Crippen LogP contribution in [0.3, 0.4) is 0 Å². The molecule has 2 rings (SSSR count). The van der Waals surface area contributed by atoms with E-state index in [1.165, 1.54) is 12.1 Å². The molecule has 0 saturated carbocycles. The molecule has 0 unspecified atom stereocenters. The molecule has 0 aliphatic rings. The van der Waals surface area contributed by atoms with Gasteiger partial charge in [-0.3, -0.25) is 19.6 Å². The van der Waals surface area contributed by atoms with Gasteiger partial charge in [0, 0.05) is 30.8 Å². The number of nitrogens with zero attached hydrogens (tertiary/aromatic N) is 3. The SMILES string of the molecule is CS(=O)(=O)Nc1nnc(NC(=O)CCCNc2ccc([N+](=O)[O-])cc2)s1. The smallest absolute Gasteiger partial charge is 0.269 e. The summed E-state index contributed by atoms with van der Waals surface area (Å²) in [5.74, 6) is -0.280. The standard InChI is InChI=1S/C13H16N6O5S2/c1-26(23,24)18-13-17-16-12(25-13)15-11(20)3-2-8-14-9-4-6-10(7-5-9)19(21)22/h4-7,14H,2-3,8H2,1H3,(H,17,18)(H,15,16,20). The van der Waals surface area contributed by atoms with Gasteiger partial charge in [-0.15, -0.1) is 10.2 Å². The van der Waals surface area contributed by atoms with E-state index in [9.17, 15) is 23.3 Å². The van der Waals surface area contributed by atoms with E-state index in [0.29, 0.717) is 13.0 Å². The van der Waals surface area contributed by atoms with E-state index in [-0.39, 0.29) is 28.3 Å². The fraction of sp³-hybridized carbons (Fsp3) is 0.308. The van der Waals surface area contributed by atoms with Crippen LogP contribution in [0.2, 0.25) is 0 Å². The molecule has 0 spiro atoms. The summed E-state index contributed by atoms with van der Waals surface area (Å²) in [6, 6.07) is 5.98. The van der Waals surface area contributed by atoms with Gasteiger partial charge in [0.25, 0.3) is 5.69 Å². The molecule has 0 radical (unpaired) electrons. The van der Waals surface area contributed by atoms with Crippen molar-refractivity contribution in [2.75, 3.05) is 28.2 Å². The van der Waals surface area contributed by atoms with E-state index in [2.05, 4.69) is 25.6 Å². The zero-order valence-electron chi connectivity index (χ0n) is 13.6. The largest absolute Gasteiger partial charge is 0.385 e. The normalized spacial score (nSPS) is 11.0. The molecule has 0 saturated heterocycles. The second-order valence-electron chi connectivity index (χ2n) is 5.17. The third kappa shape index (κ3) is 6.60. The Labute approximate surface area is 153 Å². The number of sulfonamides is 1. The summed E-state index contributed by atoms with van der Waals surface area (Å²) in [6.45, 7) is 0.502. The lowest BCUT2D eigenvalue weighted by Crippen LogP contribution is -2.13. The quantitative estimate of drug-likeness (QED) is 0.326. The molecule has 2 aromatic rings. The van der Waals surface area contributed by atoms with Gasteiger partial charge in [0.05, 0.1) is 11.2 Å². The maximum Gasteiger partial charge on any atom is 0.269 e. The number of anilines is 3. The maximum atomic E-state index is 11.8. The molecule has 11 nitrogen and oxygen atoms in total. The molecular formula is C13H16N6O5S2. The van der Waals surface area contributed by atoms with Crippen molar-refractivity contribution in [3.05, 3.63) is 34.4 Å². The summed E-state index contributed by atoms with van der Waals surface area (Å²) in [5, 5.41) is 23.7. The topological polar surface area (TPSA) is 156 Å². The number of carbonyl (C=O) groups excluding carboxylic acids is 1. The van der Waals surface area contributed by atoms with E-state index in [1.807, 2.05) is 0 Å². The molecule has 13 heteroatoms. The second kappa shape index (κ2) is 8.53. The van der Waals surface area contributed by atoms with Crippen LogP contribution in [0.15, 0.2) is 24.3 Å². The van der Waals surface area contributed by atoms with Gasteiger partial charge in [-0.2, -0.15) is 0 Å². The van der Waals surface area contributed by atoms with Gasteiger partial charge in [0.2, 0.25) is 26.2 Å². The first-order valence-electron chi connectivity index (χ1n) is 7.32. The van der Waals surface area contributed by atoms with Crippen molar-refractivity contribution in [1.82, 2.24) is 10.2 Å².